The lowest BCUT2D eigenvalue weighted by Gasteiger charge is -2.37. The molecule has 2 aliphatic rings. The number of anilines is 1. The van der Waals surface area contributed by atoms with Gasteiger partial charge in [-0.1, -0.05) is 18.2 Å². The Labute approximate surface area is 165 Å². The van der Waals surface area contributed by atoms with Crippen LogP contribution in [0.3, 0.4) is 0 Å². The number of carbonyl (C=O) groups is 3. The van der Waals surface area contributed by atoms with Crippen LogP contribution >= 0.6 is 0 Å². The van der Waals surface area contributed by atoms with Crippen LogP contribution in [0, 0.1) is 0 Å². The average Bonchev–Trinajstić information content (AvgIpc) is 2.81. The topological polar surface area (TPSA) is 87.2 Å². The van der Waals surface area contributed by atoms with Crippen molar-refractivity contribution in [3.05, 3.63) is 29.8 Å². The van der Waals surface area contributed by atoms with Crippen LogP contribution in [0.5, 0.6) is 0 Å². The summed E-state index contributed by atoms with van der Waals surface area (Å²) in [5.41, 5.74) is -1.25. The van der Waals surface area contributed by atoms with Crippen LogP contribution in [-0.2, 0) is 19.9 Å². The molecule has 1 aromatic carbocycles. The molecule has 0 bridgehead atoms. The van der Waals surface area contributed by atoms with Crippen LogP contribution in [0.15, 0.2) is 24.3 Å². The maximum absolute atomic E-state index is 13.1. The minimum absolute atomic E-state index is 0.145. The summed E-state index contributed by atoms with van der Waals surface area (Å²) in [4.78, 5) is 40.4. The molecular weight excluding hydrogens is 360 g/mol. The Hall–Kier alpha value is -2.41. The van der Waals surface area contributed by atoms with E-state index in [9.17, 15) is 19.5 Å². The average molecular weight is 388 g/mol. The number of hydrogen-bond acceptors (Lipinski definition) is 5. The van der Waals surface area contributed by atoms with Gasteiger partial charge in [0.1, 0.15) is 11.4 Å². The smallest absolute Gasteiger partial charge is 0.410 e. The number of rotatable bonds is 3. The zero-order valence-electron chi connectivity index (χ0n) is 16.9. The second kappa shape index (κ2) is 7.20. The summed E-state index contributed by atoms with van der Waals surface area (Å²) in [5, 5.41) is 11.1. The van der Waals surface area contributed by atoms with E-state index in [1.807, 2.05) is 26.8 Å². The van der Waals surface area contributed by atoms with E-state index in [-0.39, 0.29) is 24.3 Å². The van der Waals surface area contributed by atoms with Crippen molar-refractivity contribution >= 4 is 23.5 Å². The second-order valence-electron chi connectivity index (χ2n) is 8.63. The lowest BCUT2D eigenvalue weighted by atomic mass is 9.90. The van der Waals surface area contributed by atoms with Gasteiger partial charge in [0.25, 0.3) is 5.91 Å². The minimum Gasteiger partial charge on any atom is -0.444 e. The monoisotopic (exact) mass is 388 g/mol. The molecule has 7 nitrogen and oxygen atoms in total. The van der Waals surface area contributed by atoms with Crippen LogP contribution in [0.1, 0.15) is 52.5 Å². The van der Waals surface area contributed by atoms with Gasteiger partial charge in [0.05, 0.1) is 5.69 Å². The Kier molecular flexibility index (Phi) is 5.23. The molecule has 1 saturated heterocycles. The molecule has 1 fully saturated rings. The van der Waals surface area contributed by atoms with Crippen molar-refractivity contribution in [2.24, 2.45) is 0 Å². The highest BCUT2D eigenvalue weighted by molar-refractivity contribution is 6.09. The van der Waals surface area contributed by atoms with Crippen molar-refractivity contribution in [2.75, 3.05) is 18.0 Å². The predicted molar refractivity (Wildman–Crippen MR) is 104 cm³/mol. The number of likely N-dealkylation sites (tertiary alicyclic amines) is 1. The van der Waals surface area contributed by atoms with E-state index in [0.29, 0.717) is 37.2 Å². The Bertz CT molecular complexity index is 792. The molecule has 0 radical (unpaired) electrons. The van der Waals surface area contributed by atoms with Crippen molar-refractivity contribution in [1.29, 1.82) is 0 Å². The molecule has 3 rings (SSSR count). The van der Waals surface area contributed by atoms with Gasteiger partial charge in [-0.15, -0.1) is 0 Å². The minimum atomic E-state index is -1.81. The Morgan fingerprint density at radius 1 is 1.21 bits per heavy atom. The maximum atomic E-state index is 13.1. The Balaban J connectivity index is 1.77. The number of para-hydroxylation sites is 1. The largest absolute Gasteiger partial charge is 0.444 e. The van der Waals surface area contributed by atoms with Crippen molar-refractivity contribution in [1.82, 2.24) is 4.90 Å². The molecule has 1 unspecified atom stereocenters. The molecule has 1 aromatic rings. The molecule has 0 aromatic heterocycles. The van der Waals surface area contributed by atoms with E-state index < -0.39 is 17.1 Å². The van der Waals surface area contributed by atoms with E-state index in [2.05, 4.69) is 0 Å². The molecular formula is C21H28N2O5. The number of nitrogens with zero attached hydrogens (tertiary/aromatic N) is 2. The summed E-state index contributed by atoms with van der Waals surface area (Å²) in [5.74, 6) is -0.702. The van der Waals surface area contributed by atoms with Gasteiger partial charge in [-0.25, -0.2) is 4.79 Å². The van der Waals surface area contributed by atoms with Gasteiger partial charge in [-0.3, -0.25) is 9.59 Å². The number of benzene rings is 1. The fourth-order valence-corrected chi connectivity index (χ4v) is 3.98. The number of ketones is 1. The zero-order valence-corrected chi connectivity index (χ0v) is 16.9. The molecule has 2 heterocycles. The molecule has 28 heavy (non-hydrogen) atoms. The zero-order chi connectivity index (χ0) is 20.7. The van der Waals surface area contributed by atoms with Gasteiger partial charge in [0, 0.05) is 31.1 Å². The summed E-state index contributed by atoms with van der Waals surface area (Å²) in [7, 11) is 0. The van der Waals surface area contributed by atoms with E-state index in [1.165, 1.54) is 6.92 Å². The summed E-state index contributed by atoms with van der Waals surface area (Å²) >= 11 is 0. The van der Waals surface area contributed by atoms with Gasteiger partial charge in [0.15, 0.2) is 5.60 Å². The van der Waals surface area contributed by atoms with Gasteiger partial charge in [0.2, 0.25) is 0 Å². The van der Waals surface area contributed by atoms with E-state index >= 15 is 0 Å². The van der Waals surface area contributed by atoms with Crippen molar-refractivity contribution < 1.29 is 24.2 Å². The number of Topliss-reactive ketones (excluding diaryl/α,β-unsaturated/α-hetero) is 1. The van der Waals surface area contributed by atoms with Crippen molar-refractivity contribution in [3.63, 3.8) is 0 Å². The maximum Gasteiger partial charge on any atom is 0.410 e. The van der Waals surface area contributed by atoms with Gasteiger partial charge in [-0.05, 0) is 46.6 Å². The number of ether oxygens (including phenoxy) is 1. The third-order valence-corrected chi connectivity index (χ3v) is 5.17. The Morgan fingerprint density at radius 3 is 2.39 bits per heavy atom. The summed E-state index contributed by atoms with van der Waals surface area (Å²) in [6.07, 6.45) is 0.563. The molecule has 7 heteroatoms. The molecule has 0 saturated carbocycles. The number of amides is 2. The van der Waals surface area contributed by atoms with Crippen LogP contribution in [0.4, 0.5) is 10.5 Å². The highest BCUT2D eigenvalue weighted by Crippen LogP contribution is 2.44. The quantitative estimate of drug-likeness (QED) is 0.860. The molecule has 152 valence electrons. The third kappa shape index (κ3) is 3.76. The summed E-state index contributed by atoms with van der Waals surface area (Å²) in [6.45, 7) is 7.79. The summed E-state index contributed by atoms with van der Waals surface area (Å²) < 4.78 is 5.42. The first-order valence-corrected chi connectivity index (χ1v) is 9.66. The van der Waals surface area contributed by atoms with Crippen LogP contribution < -0.4 is 4.90 Å². The second-order valence-corrected chi connectivity index (χ2v) is 8.63. The van der Waals surface area contributed by atoms with Crippen molar-refractivity contribution in [3.8, 4) is 0 Å². The van der Waals surface area contributed by atoms with Gasteiger partial charge in [-0.2, -0.15) is 0 Å². The molecule has 2 amide bonds. The molecule has 1 atom stereocenters. The van der Waals surface area contributed by atoms with Crippen LogP contribution in [-0.4, -0.2) is 52.5 Å². The number of aliphatic hydroxyl groups is 1. The van der Waals surface area contributed by atoms with Crippen molar-refractivity contribution in [2.45, 2.75) is 64.2 Å². The molecule has 2 aliphatic heterocycles. The fourth-order valence-electron chi connectivity index (χ4n) is 3.98. The molecule has 0 aliphatic carbocycles. The van der Waals surface area contributed by atoms with E-state index in [0.717, 1.165) is 0 Å². The normalized spacial score (nSPS) is 23.0. The first kappa shape index (κ1) is 20.3. The lowest BCUT2D eigenvalue weighted by Crippen LogP contribution is -2.51. The number of fused-ring (bicyclic) bond motifs is 1. The first-order chi connectivity index (χ1) is 13.0. The molecule has 1 N–H and O–H groups in total. The van der Waals surface area contributed by atoms with E-state index in [4.69, 9.17) is 4.74 Å². The molecule has 0 spiro atoms. The standard InChI is InChI=1S/C21H28N2O5/c1-14(24)13-21(27)16-7-5-6-8-17(16)23(18(21)25)15-9-11-22(12-10-15)19(26)28-20(2,3)4/h5-8,15,27H,9-13H2,1-4H3. The fraction of sp³-hybridized carbons (Fsp3) is 0.571. The highest BCUT2D eigenvalue weighted by atomic mass is 16.6. The SMILES string of the molecule is CC(=O)CC1(O)C(=O)N(C2CCN(C(=O)OC(C)(C)C)CC2)c2ccccc21. The summed E-state index contributed by atoms with van der Waals surface area (Å²) in [6, 6.07) is 6.92. The van der Waals surface area contributed by atoms with Crippen LogP contribution in [0.2, 0.25) is 0 Å². The van der Waals surface area contributed by atoms with Gasteiger partial charge >= 0.3 is 6.09 Å². The number of carbonyl (C=O) groups excluding carboxylic acids is 3. The first-order valence-electron chi connectivity index (χ1n) is 9.66. The van der Waals surface area contributed by atoms with Crippen LogP contribution in [0.25, 0.3) is 0 Å². The highest BCUT2D eigenvalue weighted by Gasteiger charge is 2.52. The van der Waals surface area contributed by atoms with E-state index in [1.54, 1.807) is 28.0 Å². The predicted octanol–water partition coefficient (Wildman–Crippen LogP) is 2.60. The third-order valence-electron chi connectivity index (χ3n) is 5.17. The Morgan fingerprint density at radius 2 is 1.82 bits per heavy atom. The number of piperidine rings is 1. The number of hydrogen-bond donors (Lipinski definition) is 1. The lowest BCUT2D eigenvalue weighted by molar-refractivity contribution is -0.141. The van der Waals surface area contributed by atoms with Gasteiger partial charge < -0.3 is 19.6 Å².